The SMILES string of the molecule is CCOc1ccccc1NS(=O)(=O)c1ccc(F)c(F)c1F. The van der Waals surface area contributed by atoms with Crippen molar-refractivity contribution >= 4 is 15.7 Å². The molecule has 0 saturated heterocycles. The van der Waals surface area contributed by atoms with Crippen molar-refractivity contribution in [2.75, 3.05) is 11.3 Å². The van der Waals surface area contributed by atoms with E-state index in [1.165, 1.54) is 12.1 Å². The number of hydrogen-bond donors (Lipinski definition) is 1. The van der Waals surface area contributed by atoms with Gasteiger partial charge in [0.05, 0.1) is 12.3 Å². The standard InChI is InChI=1S/C14H12F3NO3S/c1-2-21-11-6-4-3-5-10(11)18-22(19,20)12-8-7-9(15)13(16)14(12)17/h3-8,18H,2H2,1H3. The topological polar surface area (TPSA) is 55.4 Å². The van der Waals surface area contributed by atoms with E-state index >= 15 is 0 Å². The molecule has 0 heterocycles. The zero-order chi connectivity index (χ0) is 16.3. The van der Waals surface area contributed by atoms with Gasteiger partial charge in [-0.25, -0.2) is 21.6 Å². The highest BCUT2D eigenvalue weighted by Gasteiger charge is 2.24. The lowest BCUT2D eigenvalue weighted by molar-refractivity contribution is 0.342. The predicted octanol–water partition coefficient (Wildman–Crippen LogP) is 3.30. The maximum absolute atomic E-state index is 13.6. The highest BCUT2D eigenvalue weighted by molar-refractivity contribution is 7.92. The van der Waals surface area contributed by atoms with Gasteiger partial charge in [-0.3, -0.25) is 4.72 Å². The molecule has 0 aliphatic carbocycles. The largest absolute Gasteiger partial charge is 0.492 e. The van der Waals surface area contributed by atoms with E-state index in [0.29, 0.717) is 12.1 Å². The summed E-state index contributed by atoms with van der Waals surface area (Å²) >= 11 is 0. The van der Waals surface area contributed by atoms with Gasteiger partial charge in [0, 0.05) is 0 Å². The summed E-state index contributed by atoms with van der Waals surface area (Å²) in [5.74, 6) is -4.86. The summed E-state index contributed by atoms with van der Waals surface area (Å²) in [5, 5.41) is 0. The molecule has 0 spiro atoms. The van der Waals surface area contributed by atoms with Crippen LogP contribution in [0.4, 0.5) is 18.9 Å². The van der Waals surface area contributed by atoms with E-state index < -0.39 is 32.4 Å². The van der Waals surface area contributed by atoms with Gasteiger partial charge in [0.2, 0.25) is 0 Å². The summed E-state index contributed by atoms with van der Waals surface area (Å²) in [6, 6.07) is 7.28. The predicted molar refractivity (Wildman–Crippen MR) is 74.7 cm³/mol. The van der Waals surface area contributed by atoms with E-state index in [1.54, 1.807) is 19.1 Å². The molecule has 0 aromatic heterocycles. The molecular weight excluding hydrogens is 319 g/mol. The monoisotopic (exact) mass is 331 g/mol. The van der Waals surface area contributed by atoms with Crippen LogP contribution in [-0.2, 0) is 10.0 Å². The molecule has 118 valence electrons. The highest BCUT2D eigenvalue weighted by Crippen LogP contribution is 2.28. The Morgan fingerprint density at radius 3 is 2.41 bits per heavy atom. The first-order chi connectivity index (χ1) is 10.4. The van der Waals surface area contributed by atoms with Crippen molar-refractivity contribution in [3.05, 3.63) is 53.8 Å². The van der Waals surface area contributed by atoms with Crippen LogP contribution >= 0.6 is 0 Å². The Morgan fingerprint density at radius 1 is 1.05 bits per heavy atom. The van der Waals surface area contributed by atoms with Crippen LogP contribution in [0, 0.1) is 17.5 Å². The van der Waals surface area contributed by atoms with Crippen molar-refractivity contribution in [3.63, 3.8) is 0 Å². The second-order valence-corrected chi connectivity index (χ2v) is 5.86. The molecule has 1 N–H and O–H groups in total. The van der Waals surface area contributed by atoms with Gasteiger partial charge in [0.1, 0.15) is 10.6 Å². The third-order valence-electron chi connectivity index (χ3n) is 2.72. The molecule has 0 amide bonds. The van der Waals surface area contributed by atoms with Crippen molar-refractivity contribution in [2.45, 2.75) is 11.8 Å². The minimum absolute atomic E-state index is 0.0634. The first kappa shape index (κ1) is 16.2. The van der Waals surface area contributed by atoms with Gasteiger partial charge in [-0.05, 0) is 31.2 Å². The first-order valence-corrected chi connectivity index (χ1v) is 7.73. The van der Waals surface area contributed by atoms with Crippen LogP contribution < -0.4 is 9.46 Å². The number of ether oxygens (including phenoxy) is 1. The summed E-state index contributed by atoms with van der Waals surface area (Å²) < 4.78 is 71.4. The van der Waals surface area contributed by atoms with Crippen LogP contribution in [0.3, 0.4) is 0 Å². The van der Waals surface area contributed by atoms with Crippen molar-refractivity contribution in [2.24, 2.45) is 0 Å². The van der Waals surface area contributed by atoms with Gasteiger partial charge in [0.25, 0.3) is 10.0 Å². The smallest absolute Gasteiger partial charge is 0.265 e. The fraction of sp³-hybridized carbons (Fsp3) is 0.143. The van der Waals surface area contributed by atoms with Gasteiger partial charge in [-0.1, -0.05) is 12.1 Å². The average molecular weight is 331 g/mol. The quantitative estimate of drug-likeness (QED) is 0.855. The number of anilines is 1. The summed E-state index contributed by atoms with van der Waals surface area (Å²) in [6.45, 7) is 2.00. The maximum Gasteiger partial charge on any atom is 0.265 e. The number of hydrogen-bond acceptors (Lipinski definition) is 3. The average Bonchev–Trinajstić information content (AvgIpc) is 2.46. The maximum atomic E-state index is 13.6. The Kier molecular flexibility index (Phi) is 4.60. The molecule has 0 fully saturated rings. The molecule has 4 nitrogen and oxygen atoms in total. The van der Waals surface area contributed by atoms with Crippen LogP contribution in [-0.4, -0.2) is 15.0 Å². The van der Waals surface area contributed by atoms with E-state index in [2.05, 4.69) is 4.72 Å². The number of para-hydroxylation sites is 2. The number of halogens is 3. The first-order valence-electron chi connectivity index (χ1n) is 6.25. The lowest BCUT2D eigenvalue weighted by Crippen LogP contribution is -2.16. The molecule has 8 heteroatoms. The molecular formula is C14H12F3NO3S. The normalized spacial score (nSPS) is 11.3. The fourth-order valence-corrected chi connectivity index (χ4v) is 2.89. The van der Waals surface area contributed by atoms with E-state index in [9.17, 15) is 21.6 Å². The van der Waals surface area contributed by atoms with Crippen LogP contribution in [0.15, 0.2) is 41.3 Å². The van der Waals surface area contributed by atoms with E-state index in [0.717, 1.165) is 0 Å². The molecule has 2 aromatic rings. The minimum atomic E-state index is -4.44. The van der Waals surface area contributed by atoms with E-state index in [4.69, 9.17) is 4.74 Å². The molecule has 0 unspecified atom stereocenters. The fourth-order valence-electron chi connectivity index (χ4n) is 1.75. The van der Waals surface area contributed by atoms with Gasteiger partial charge in [-0.15, -0.1) is 0 Å². The Labute approximate surface area is 125 Å². The lowest BCUT2D eigenvalue weighted by atomic mass is 10.3. The van der Waals surface area contributed by atoms with Crippen LogP contribution in [0.25, 0.3) is 0 Å². The van der Waals surface area contributed by atoms with Crippen molar-refractivity contribution in [3.8, 4) is 5.75 Å². The van der Waals surface area contributed by atoms with Gasteiger partial charge in [0.15, 0.2) is 17.5 Å². The molecule has 0 aliphatic rings. The lowest BCUT2D eigenvalue weighted by Gasteiger charge is -2.13. The molecule has 2 rings (SSSR count). The van der Waals surface area contributed by atoms with Gasteiger partial charge >= 0.3 is 0 Å². The van der Waals surface area contributed by atoms with Crippen molar-refractivity contribution in [1.29, 1.82) is 0 Å². The Morgan fingerprint density at radius 2 is 1.73 bits per heavy atom. The third-order valence-corrected chi connectivity index (χ3v) is 4.10. The Balaban J connectivity index is 2.43. The van der Waals surface area contributed by atoms with Crippen molar-refractivity contribution < 1.29 is 26.3 Å². The molecule has 0 atom stereocenters. The van der Waals surface area contributed by atoms with Crippen LogP contribution in [0.1, 0.15) is 6.92 Å². The summed E-state index contributed by atoms with van der Waals surface area (Å²) in [7, 11) is -4.44. The second kappa shape index (κ2) is 6.27. The van der Waals surface area contributed by atoms with Crippen molar-refractivity contribution in [1.82, 2.24) is 0 Å². The third kappa shape index (κ3) is 3.16. The number of nitrogens with one attached hydrogen (secondary N) is 1. The number of benzene rings is 2. The number of sulfonamides is 1. The molecule has 0 bridgehead atoms. The van der Waals surface area contributed by atoms with Crippen LogP contribution in [0.2, 0.25) is 0 Å². The van der Waals surface area contributed by atoms with Gasteiger partial charge < -0.3 is 4.74 Å². The molecule has 22 heavy (non-hydrogen) atoms. The van der Waals surface area contributed by atoms with E-state index in [-0.39, 0.29) is 18.0 Å². The highest BCUT2D eigenvalue weighted by atomic mass is 32.2. The molecule has 0 saturated carbocycles. The van der Waals surface area contributed by atoms with Crippen LogP contribution in [0.5, 0.6) is 5.75 Å². The summed E-state index contributed by atoms with van der Waals surface area (Å²) in [4.78, 5) is -0.988. The summed E-state index contributed by atoms with van der Waals surface area (Å²) in [6.07, 6.45) is 0. The second-order valence-electron chi connectivity index (χ2n) is 4.21. The summed E-state index contributed by atoms with van der Waals surface area (Å²) in [5.41, 5.74) is 0.0634. The Bertz CT molecular complexity index is 794. The van der Waals surface area contributed by atoms with E-state index in [1.807, 2.05) is 0 Å². The Hall–Kier alpha value is -2.22. The minimum Gasteiger partial charge on any atom is -0.492 e. The molecule has 2 aromatic carbocycles. The zero-order valence-electron chi connectivity index (χ0n) is 11.4. The molecule has 0 radical (unpaired) electrons. The number of rotatable bonds is 5. The molecule has 0 aliphatic heterocycles. The zero-order valence-corrected chi connectivity index (χ0v) is 12.3. The van der Waals surface area contributed by atoms with Gasteiger partial charge in [-0.2, -0.15) is 0 Å².